The first kappa shape index (κ1) is 29.4. The molecule has 0 saturated carbocycles. The summed E-state index contributed by atoms with van der Waals surface area (Å²) in [5, 5.41) is 6.97. The number of nitrogens with one attached hydrogen (secondary N) is 3. The van der Waals surface area contributed by atoms with Gasteiger partial charge in [-0.3, -0.25) is 14.4 Å². The van der Waals surface area contributed by atoms with Gasteiger partial charge >= 0.3 is 12.1 Å². The highest BCUT2D eigenvalue weighted by atomic mass is 16.6. The summed E-state index contributed by atoms with van der Waals surface area (Å²) in [6.45, 7) is 3.61. The highest BCUT2D eigenvalue weighted by Crippen LogP contribution is 2.11. The van der Waals surface area contributed by atoms with Crippen LogP contribution in [0, 0.1) is 0 Å². The Balaban J connectivity index is 2.59. The zero-order valence-electron chi connectivity index (χ0n) is 20.7. The Morgan fingerprint density at radius 1 is 0.886 bits per heavy atom. The lowest BCUT2D eigenvalue weighted by Crippen LogP contribution is -2.51. The number of methoxy groups -OCH3 is 2. The lowest BCUT2D eigenvalue weighted by molar-refractivity contribution is -0.156. The van der Waals surface area contributed by atoms with Crippen LogP contribution in [0.5, 0.6) is 0 Å². The van der Waals surface area contributed by atoms with Crippen LogP contribution in [-0.4, -0.2) is 86.9 Å². The molecule has 12 heteroatoms. The Kier molecular flexibility index (Phi) is 12.2. The van der Waals surface area contributed by atoms with Crippen molar-refractivity contribution in [2.75, 3.05) is 40.6 Å². The minimum Gasteiger partial charge on any atom is -0.467 e. The number of esters is 1. The van der Waals surface area contributed by atoms with E-state index in [1.165, 1.54) is 19.1 Å². The maximum absolute atomic E-state index is 12.8. The zero-order chi connectivity index (χ0) is 26.4. The smallest absolute Gasteiger partial charge is 0.408 e. The molecule has 0 saturated heterocycles. The number of hydrogen-bond donors (Lipinski definition) is 3. The molecule has 12 nitrogen and oxygen atoms in total. The van der Waals surface area contributed by atoms with Gasteiger partial charge in [-0.1, -0.05) is 30.3 Å². The Morgan fingerprint density at radius 3 is 2.00 bits per heavy atom. The highest BCUT2D eigenvalue weighted by molar-refractivity contribution is 5.91. The van der Waals surface area contributed by atoms with E-state index in [1.807, 2.05) is 30.3 Å². The van der Waals surface area contributed by atoms with Gasteiger partial charge in [0.15, 0.2) is 0 Å². The number of nitrogens with zero attached hydrogens (tertiary/aromatic N) is 1. The third kappa shape index (κ3) is 11.8. The molecule has 0 unspecified atom stereocenters. The molecule has 0 aromatic heterocycles. The normalized spacial score (nSPS) is 11.6. The molecular weight excluding hydrogens is 460 g/mol. The van der Waals surface area contributed by atoms with Gasteiger partial charge in [0.25, 0.3) is 0 Å². The standard InChI is InChI=1S/C23H34N4O8/c1-23(2,3)35-22(32)26-13-19(29)24-12-18(28)25-14-20(30)27(15-33-4)17(21(31)34-5)11-16-9-7-6-8-10-16/h6-10,17H,11-15H2,1-5H3,(H,24,29)(H,25,28)(H,26,32)/t17-/m0/s1. The average molecular weight is 495 g/mol. The second-order valence-corrected chi connectivity index (χ2v) is 8.42. The van der Waals surface area contributed by atoms with E-state index in [2.05, 4.69) is 16.0 Å². The minimum atomic E-state index is -0.967. The minimum absolute atomic E-state index is 0.192. The molecule has 0 aliphatic rings. The molecule has 0 spiro atoms. The summed E-state index contributed by atoms with van der Waals surface area (Å²) in [6, 6.07) is 8.11. The van der Waals surface area contributed by atoms with Crippen molar-refractivity contribution in [2.45, 2.75) is 38.8 Å². The molecule has 0 aliphatic heterocycles. The molecule has 0 heterocycles. The number of alkyl carbamates (subject to hydrolysis) is 1. The van der Waals surface area contributed by atoms with Crippen LogP contribution in [0.4, 0.5) is 4.79 Å². The van der Waals surface area contributed by atoms with E-state index >= 15 is 0 Å². The van der Waals surface area contributed by atoms with Crippen LogP contribution < -0.4 is 16.0 Å². The third-order valence-corrected chi connectivity index (χ3v) is 4.38. The first-order valence-electron chi connectivity index (χ1n) is 10.9. The van der Waals surface area contributed by atoms with Crippen LogP contribution in [0.25, 0.3) is 0 Å². The fourth-order valence-corrected chi connectivity index (χ4v) is 2.82. The van der Waals surface area contributed by atoms with Gasteiger partial charge in [0.05, 0.1) is 20.2 Å². The monoisotopic (exact) mass is 494 g/mol. The van der Waals surface area contributed by atoms with Crippen LogP contribution in [0.15, 0.2) is 30.3 Å². The van der Waals surface area contributed by atoms with Gasteiger partial charge in [-0.15, -0.1) is 0 Å². The number of rotatable bonds is 12. The second kappa shape index (κ2) is 14.6. The van der Waals surface area contributed by atoms with E-state index in [4.69, 9.17) is 14.2 Å². The third-order valence-electron chi connectivity index (χ3n) is 4.38. The molecule has 0 fully saturated rings. The summed E-state index contributed by atoms with van der Waals surface area (Å²) >= 11 is 0. The van der Waals surface area contributed by atoms with Gasteiger partial charge in [-0.2, -0.15) is 0 Å². The first-order chi connectivity index (χ1) is 16.5. The van der Waals surface area contributed by atoms with Crippen molar-refractivity contribution >= 4 is 29.8 Å². The van der Waals surface area contributed by atoms with E-state index in [9.17, 15) is 24.0 Å². The largest absolute Gasteiger partial charge is 0.467 e. The number of hydrogen-bond acceptors (Lipinski definition) is 8. The van der Waals surface area contributed by atoms with Crippen molar-refractivity contribution in [3.8, 4) is 0 Å². The maximum atomic E-state index is 12.8. The second-order valence-electron chi connectivity index (χ2n) is 8.42. The van der Waals surface area contributed by atoms with Crippen LogP contribution >= 0.6 is 0 Å². The SMILES string of the molecule is COCN(C(=O)CNC(=O)CNC(=O)CNC(=O)OC(C)(C)C)[C@@H](Cc1ccccc1)C(=O)OC. The highest BCUT2D eigenvalue weighted by Gasteiger charge is 2.31. The molecule has 1 aromatic rings. The first-order valence-corrected chi connectivity index (χ1v) is 10.9. The number of amides is 4. The van der Waals surface area contributed by atoms with Crippen LogP contribution in [0.1, 0.15) is 26.3 Å². The molecule has 194 valence electrons. The summed E-state index contributed by atoms with van der Waals surface area (Å²) in [5.41, 5.74) is 0.0982. The van der Waals surface area contributed by atoms with E-state index in [-0.39, 0.29) is 19.7 Å². The Labute approximate surface area is 204 Å². The lowest BCUT2D eigenvalue weighted by atomic mass is 10.0. The number of ether oxygens (including phenoxy) is 3. The van der Waals surface area contributed by atoms with Crippen LogP contribution in [0.2, 0.25) is 0 Å². The molecular formula is C23H34N4O8. The van der Waals surface area contributed by atoms with E-state index in [0.29, 0.717) is 0 Å². The van der Waals surface area contributed by atoms with E-state index < -0.39 is 54.5 Å². The predicted molar refractivity (Wildman–Crippen MR) is 125 cm³/mol. The molecule has 0 aliphatic carbocycles. The summed E-state index contributed by atoms with van der Waals surface area (Å²) in [4.78, 5) is 61.8. The van der Waals surface area contributed by atoms with Gasteiger partial charge in [-0.25, -0.2) is 9.59 Å². The maximum Gasteiger partial charge on any atom is 0.408 e. The van der Waals surface area contributed by atoms with Crippen LogP contribution in [-0.2, 0) is 39.8 Å². The summed E-state index contributed by atoms with van der Waals surface area (Å²) in [6.07, 6.45) is -0.575. The van der Waals surface area contributed by atoms with Gasteiger partial charge < -0.3 is 35.1 Å². The summed E-state index contributed by atoms with van der Waals surface area (Å²) < 4.78 is 14.9. The fourth-order valence-electron chi connectivity index (χ4n) is 2.82. The Hall–Kier alpha value is -3.67. The Morgan fingerprint density at radius 2 is 1.46 bits per heavy atom. The predicted octanol–water partition coefficient (Wildman–Crippen LogP) is -0.0397. The van der Waals surface area contributed by atoms with Crippen molar-refractivity contribution < 1.29 is 38.2 Å². The number of carbonyl (C=O) groups is 5. The van der Waals surface area contributed by atoms with Gasteiger partial charge in [0, 0.05) is 13.5 Å². The molecule has 4 amide bonds. The molecule has 1 aromatic carbocycles. The molecule has 1 rings (SSSR count). The van der Waals surface area contributed by atoms with E-state index in [1.54, 1.807) is 20.8 Å². The summed E-state index contributed by atoms with van der Waals surface area (Å²) in [7, 11) is 2.59. The fraction of sp³-hybridized carbons (Fsp3) is 0.522. The van der Waals surface area contributed by atoms with Gasteiger partial charge in [0.2, 0.25) is 17.7 Å². The molecule has 0 radical (unpaired) electrons. The van der Waals surface area contributed by atoms with Crippen molar-refractivity contribution in [1.29, 1.82) is 0 Å². The zero-order valence-corrected chi connectivity index (χ0v) is 20.7. The number of benzene rings is 1. The summed E-state index contributed by atoms with van der Waals surface area (Å²) in [5.74, 6) is -2.47. The quantitative estimate of drug-likeness (QED) is 0.270. The molecule has 0 bridgehead atoms. The van der Waals surface area contributed by atoms with Crippen molar-refractivity contribution in [3.05, 3.63) is 35.9 Å². The van der Waals surface area contributed by atoms with Gasteiger partial charge in [0.1, 0.15) is 24.9 Å². The van der Waals surface area contributed by atoms with Crippen molar-refractivity contribution in [1.82, 2.24) is 20.9 Å². The topological polar surface area (TPSA) is 152 Å². The lowest BCUT2D eigenvalue weighted by Gasteiger charge is -2.29. The molecule has 35 heavy (non-hydrogen) atoms. The average Bonchev–Trinajstić information content (AvgIpc) is 2.81. The van der Waals surface area contributed by atoms with Crippen molar-refractivity contribution in [2.24, 2.45) is 0 Å². The Bertz CT molecular complexity index is 870. The van der Waals surface area contributed by atoms with Crippen LogP contribution in [0.3, 0.4) is 0 Å². The van der Waals surface area contributed by atoms with Gasteiger partial charge in [-0.05, 0) is 26.3 Å². The molecule has 3 N–H and O–H groups in total. The van der Waals surface area contributed by atoms with E-state index in [0.717, 1.165) is 5.56 Å². The molecule has 1 atom stereocenters. The number of carbonyl (C=O) groups excluding carboxylic acids is 5. The van der Waals surface area contributed by atoms with Crippen molar-refractivity contribution in [3.63, 3.8) is 0 Å².